The second-order valence-corrected chi connectivity index (χ2v) is 5.78. The third-order valence-corrected chi connectivity index (χ3v) is 4.05. The van der Waals surface area contributed by atoms with Crippen LogP contribution in [0.5, 0.6) is 0 Å². The van der Waals surface area contributed by atoms with Gasteiger partial charge in [-0.1, -0.05) is 18.5 Å². The Morgan fingerprint density at radius 3 is 3.09 bits per heavy atom. The highest BCUT2D eigenvalue weighted by atomic mass is 16.5. The Morgan fingerprint density at radius 2 is 2.26 bits per heavy atom. The van der Waals surface area contributed by atoms with E-state index in [4.69, 9.17) is 9.26 Å². The van der Waals surface area contributed by atoms with Gasteiger partial charge >= 0.3 is 0 Å². The van der Waals surface area contributed by atoms with Gasteiger partial charge in [0.2, 0.25) is 5.89 Å². The first-order valence-corrected chi connectivity index (χ1v) is 8.33. The van der Waals surface area contributed by atoms with Gasteiger partial charge in [-0.2, -0.15) is 4.98 Å². The molecule has 1 atom stereocenters. The Labute approximate surface area is 135 Å². The van der Waals surface area contributed by atoms with Gasteiger partial charge in [0.05, 0.1) is 13.2 Å². The van der Waals surface area contributed by atoms with E-state index in [-0.39, 0.29) is 6.10 Å². The number of unbranched alkanes of at least 4 members (excludes halogenated alkanes) is 1. The minimum atomic E-state index is -0.0614. The van der Waals surface area contributed by atoms with Crippen molar-refractivity contribution in [1.82, 2.24) is 29.8 Å². The zero-order chi connectivity index (χ0) is 16.1. The summed E-state index contributed by atoms with van der Waals surface area (Å²) in [7, 11) is 0. The van der Waals surface area contributed by atoms with E-state index in [1.165, 1.54) is 0 Å². The number of aromatic nitrogens is 5. The predicted molar refractivity (Wildman–Crippen MR) is 82.6 cm³/mol. The lowest BCUT2D eigenvalue weighted by atomic mass is 10.2. The predicted octanol–water partition coefficient (Wildman–Crippen LogP) is 1.60. The van der Waals surface area contributed by atoms with Crippen LogP contribution in [0.25, 0.3) is 0 Å². The van der Waals surface area contributed by atoms with Crippen LogP contribution in [0.1, 0.15) is 50.3 Å². The molecule has 8 nitrogen and oxygen atoms in total. The van der Waals surface area contributed by atoms with Crippen LogP contribution < -0.4 is 0 Å². The summed E-state index contributed by atoms with van der Waals surface area (Å²) in [5.74, 6) is 2.36. The third kappa shape index (κ3) is 3.94. The van der Waals surface area contributed by atoms with Gasteiger partial charge in [-0.3, -0.25) is 4.90 Å². The van der Waals surface area contributed by atoms with Crippen molar-refractivity contribution in [3.05, 3.63) is 23.9 Å². The van der Waals surface area contributed by atoms with Gasteiger partial charge in [-0.25, -0.2) is 0 Å². The number of hydrogen-bond acceptors (Lipinski definition) is 7. The summed E-state index contributed by atoms with van der Waals surface area (Å²) in [4.78, 5) is 6.73. The van der Waals surface area contributed by atoms with E-state index in [9.17, 15) is 0 Å². The molecule has 0 aliphatic carbocycles. The van der Waals surface area contributed by atoms with Crippen LogP contribution in [-0.4, -0.2) is 49.5 Å². The fraction of sp³-hybridized carbons (Fsp3) is 0.733. The molecule has 1 aliphatic rings. The van der Waals surface area contributed by atoms with E-state index < -0.39 is 0 Å². The average molecular weight is 320 g/mol. The SMILES string of the molecule is CCCCc1noc(CN2CCO[C@@H](c3nncn3CC)C2)n1. The monoisotopic (exact) mass is 320 g/mol. The van der Waals surface area contributed by atoms with Crippen LogP contribution in [0.4, 0.5) is 0 Å². The number of aryl methyl sites for hydroxylation is 2. The maximum Gasteiger partial charge on any atom is 0.240 e. The number of ether oxygens (including phenoxy) is 1. The van der Waals surface area contributed by atoms with Crippen molar-refractivity contribution in [2.45, 2.75) is 52.3 Å². The molecule has 0 bridgehead atoms. The highest BCUT2D eigenvalue weighted by Gasteiger charge is 2.26. The topological polar surface area (TPSA) is 82.1 Å². The fourth-order valence-electron chi connectivity index (χ4n) is 2.74. The molecule has 126 valence electrons. The Hall–Kier alpha value is -1.80. The van der Waals surface area contributed by atoms with Crippen LogP contribution in [0.15, 0.2) is 10.9 Å². The number of morpholine rings is 1. The summed E-state index contributed by atoms with van der Waals surface area (Å²) in [5.41, 5.74) is 0. The average Bonchev–Trinajstić information content (AvgIpc) is 3.22. The largest absolute Gasteiger partial charge is 0.368 e. The second-order valence-electron chi connectivity index (χ2n) is 5.78. The summed E-state index contributed by atoms with van der Waals surface area (Å²) in [6.07, 6.45) is 4.79. The van der Waals surface area contributed by atoms with Gasteiger partial charge < -0.3 is 13.8 Å². The first-order valence-electron chi connectivity index (χ1n) is 8.33. The van der Waals surface area contributed by atoms with Crippen molar-refractivity contribution in [3.8, 4) is 0 Å². The standard InChI is InChI=1S/C15H24N6O2/c1-3-5-6-13-17-14(23-19-13)10-20-7-8-22-12(9-20)15-18-16-11-21(15)4-2/h11-12H,3-10H2,1-2H3/t12-/m1/s1. The van der Waals surface area contributed by atoms with Crippen LogP contribution in [-0.2, 0) is 24.2 Å². The lowest BCUT2D eigenvalue weighted by molar-refractivity contribution is -0.0414. The number of nitrogens with zero attached hydrogens (tertiary/aromatic N) is 6. The van der Waals surface area contributed by atoms with E-state index in [1.54, 1.807) is 6.33 Å². The van der Waals surface area contributed by atoms with Gasteiger partial charge in [-0.05, 0) is 13.3 Å². The van der Waals surface area contributed by atoms with Crippen molar-refractivity contribution < 1.29 is 9.26 Å². The van der Waals surface area contributed by atoms with Crippen molar-refractivity contribution in [2.24, 2.45) is 0 Å². The summed E-state index contributed by atoms with van der Waals surface area (Å²) >= 11 is 0. The molecular weight excluding hydrogens is 296 g/mol. The van der Waals surface area contributed by atoms with Crippen LogP contribution in [0, 0.1) is 0 Å². The highest BCUT2D eigenvalue weighted by molar-refractivity contribution is 4.95. The summed E-state index contributed by atoms with van der Waals surface area (Å²) in [6, 6.07) is 0. The molecule has 1 aliphatic heterocycles. The molecule has 2 aromatic rings. The molecule has 0 spiro atoms. The normalized spacial score (nSPS) is 19.3. The second kappa shape index (κ2) is 7.65. The first kappa shape index (κ1) is 16.1. The van der Waals surface area contributed by atoms with Crippen molar-refractivity contribution in [1.29, 1.82) is 0 Å². The molecule has 2 aromatic heterocycles. The molecule has 0 saturated carbocycles. The summed E-state index contributed by atoms with van der Waals surface area (Å²) in [6.45, 7) is 7.99. The van der Waals surface area contributed by atoms with Gasteiger partial charge in [-0.15, -0.1) is 10.2 Å². The molecule has 3 rings (SSSR count). The van der Waals surface area contributed by atoms with Crippen molar-refractivity contribution in [2.75, 3.05) is 19.7 Å². The number of hydrogen-bond donors (Lipinski definition) is 0. The lowest BCUT2D eigenvalue weighted by Crippen LogP contribution is -2.38. The highest BCUT2D eigenvalue weighted by Crippen LogP contribution is 2.21. The Kier molecular flexibility index (Phi) is 5.35. The van der Waals surface area contributed by atoms with Gasteiger partial charge in [0.25, 0.3) is 0 Å². The molecule has 3 heterocycles. The summed E-state index contributed by atoms with van der Waals surface area (Å²) < 4.78 is 13.2. The summed E-state index contributed by atoms with van der Waals surface area (Å²) in [5, 5.41) is 12.2. The van der Waals surface area contributed by atoms with E-state index in [1.807, 2.05) is 4.57 Å². The smallest absolute Gasteiger partial charge is 0.240 e. The molecular formula is C15H24N6O2. The fourth-order valence-corrected chi connectivity index (χ4v) is 2.74. The van der Waals surface area contributed by atoms with Gasteiger partial charge in [0, 0.05) is 26.1 Å². The van der Waals surface area contributed by atoms with E-state index in [0.717, 1.165) is 50.5 Å². The third-order valence-electron chi connectivity index (χ3n) is 4.05. The van der Waals surface area contributed by atoms with Crippen LogP contribution in [0.2, 0.25) is 0 Å². The van der Waals surface area contributed by atoms with E-state index in [0.29, 0.717) is 19.0 Å². The molecule has 1 fully saturated rings. The van der Waals surface area contributed by atoms with Crippen LogP contribution >= 0.6 is 0 Å². The Balaban J connectivity index is 1.59. The molecule has 8 heteroatoms. The molecule has 1 saturated heterocycles. The Bertz CT molecular complexity index is 611. The zero-order valence-electron chi connectivity index (χ0n) is 13.8. The Morgan fingerprint density at radius 1 is 1.35 bits per heavy atom. The lowest BCUT2D eigenvalue weighted by Gasteiger charge is -2.31. The number of rotatable bonds is 7. The van der Waals surface area contributed by atoms with Crippen molar-refractivity contribution in [3.63, 3.8) is 0 Å². The molecule has 0 unspecified atom stereocenters. The van der Waals surface area contributed by atoms with E-state index >= 15 is 0 Å². The van der Waals surface area contributed by atoms with Gasteiger partial charge in [0.1, 0.15) is 12.4 Å². The minimum absolute atomic E-state index is 0.0614. The molecule has 0 aromatic carbocycles. The minimum Gasteiger partial charge on any atom is -0.368 e. The quantitative estimate of drug-likeness (QED) is 0.766. The molecule has 23 heavy (non-hydrogen) atoms. The van der Waals surface area contributed by atoms with E-state index in [2.05, 4.69) is 39.1 Å². The zero-order valence-corrected chi connectivity index (χ0v) is 13.8. The first-order chi connectivity index (χ1) is 11.3. The molecule has 0 N–H and O–H groups in total. The van der Waals surface area contributed by atoms with Crippen molar-refractivity contribution >= 4 is 0 Å². The molecule has 0 radical (unpaired) electrons. The maximum atomic E-state index is 5.86. The van der Waals surface area contributed by atoms with Crippen LogP contribution in [0.3, 0.4) is 0 Å². The maximum absolute atomic E-state index is 5.86. The van der Waals surface area contributed by atoms with Gasteiger partial charge in [0.15, 0.2) is 11.6 Å². The molecule has 0 amide bonds.